The highest BCUT2D eigenvalue weighted by atomic mass is 35.5. The van der Waals surface area contributed by atoms with Crippen LogP contribution < -0.4 is 10.1 Å². The number of nitrogens with one attached hydrogen (secondary N) is 1. The predicted molar refractivity (Wildman–Crippen MR) is 75.5 cm³/mol. The lowest BCUT2D eigenvalue weighted by atomic mass is 10.2. The number of para-hydroxylation sites is 1. The standard InChI is InChI=1S/C15H16ClNO/c1-11-5-3-4-6-14(11)18-15-9-13(16)8-7-12(15)10-17-2/h3-9,17H,10H2,1-2H3. The van der Waals surface area contributed by atoms with Gasteiger partial charge in [-0.1, -0.05) is 35.9 Å². The summed E-state index contributed by atoms with van der Waals surface area (Å²) < 4.78 is 5.95. The maximum Gasteiger partial charge on any atom is 0.133 e. The van der Waals surface area contributed by atoms with Crippen LogP contribution in [0.15, 0.2) is 42.5 Å². The molecule has 0 unspecified atom stereocenters. The summed E-state index contributed by atoms with van der Waals surface area (Å²) >= 11 is 6.02. The fourth-order valence-corrected chi connectivity index (χ4v) is 1.91. The molecule has 0 aromatic heterocycles. The van der Waals surface area contributed by atoms with Gasteiger partial charge in [0.15, 0.2) is 0 Å². The van der Waals surface area contributed by atoms with Crippen molar-refractivity contribution in [3.8, 4) is 11.5 Å². The Labute approximate surface area is 113 Å². The first kappa shape index (κ1) is 12.9. The lowest BCUT2D eigenvalue weighted by Gasteiger charge is -2.13. The van der Waals surface area contributed by atoms with Crippen LogP contribution in [0.1, 0.15) is 11.1 Å². The predicted octanol–water partition coefficient (Wildman–Crippen LogP) is 4.16. The maximum atomic E-state index is 6.02. The van der Waals surface area contributed by atoms with E-state index in [9.17, 15) is 0 Å². The van der Waals surface area contributed by atoms with Crippen molar-refractivity contribution < 1.29 is 4.74 Å². The van der Waals surface area contributed by atoms with Gasteiger partial charge in [-0.05, 0) is 37.7 Å². The van der Waals surface area contributed by atoms with Crippen LogP contribution >= 0.6 is 11.6 Å². The largest absolute Gasteiger partial charge is 0.457 e. The number of rotatable bonds is 4. The fraction of sp³-hybridized carbons (Fsp3) is 0.200. The highest BCUT2D eigenvalue weighted by Gasteiger charge is 2.07. The van der Waals surface area contributed by atoms with Gasteiger partial charge in [-0.25, -0.2) is 0 Å². The van der Waals surface area contributed by atoms with Crippen molar-refractivity contribution in [2.24, 2.45) is 0 Å². The Bertz CT molecular complexity index is 540. The van der Waals surface area contributed by atoms with Crippen molar-refractivity contribution >= 4 is 11.6 Å². The van der Waals surface area contributed by atoms with Crippen molar-refractivity contribution in [1.82, 2.24) is 5.32 Å². The summed E-state index contributed by atoms with van der Waals surface area (Å²) in [6.45, 7) is 2.77. The van der Waals surface area contributed by atoms with Gasteiger partial charge < -0.3 is 10.1 Å². The van der Waals surface area contributed by atoms with Gasteiger partial charge in [0.2, 0.25) is 0 Å². The third kappa shape index (κ3) is 3.03. The van der Waals surface area contributed by atoms with Crippen LogP contribution in [0.5, 0.6) is 11.5 Å². The zero-order valence-electron chi connectivity index (χ0n) is 10.5. The van der Waals surface area contributed by atoms with Gasteiger partial charge in [0.05, 0.1) is 0 Å². The molecule has 2 rings (SSSR count). The third-order valence-electron chi connectivity index (χ3n) is 2.71. The van der Waals surface area contributed by atoms with Crippen molar-refractivity contribution in [2.45, 2.75) is 13.5 Å². The van der Waals surface area contributed by atoms with E-state index in [1.165, 1.54) is 0 Å². The summed E-state index contributed by atoms with van der Waals surface area (Å²) in [6.07, 6.45) is 0. The number of aryl methyl sites for hydroxylation is 1. The zero-order chi connectivity index (χ0) is 13.0. The minimum absolute atomic E-state index is 0.679. The highest BCUT2D eigenvalue weighted by molar-refractivity contribution is 6.30. The molecule has 0 spiro atoms. The SMILES string of the molecule is CNCc1ccc(Cl)cc1Oc1ccccc1C. The molecule has 94 valence electrons. The highest BCUT2D eigenvalue weighted by Crippen LogP contribution is 2.30. The van der Waals surface area contributed by atoms with Crippen LogP contribution in [0, 0.1) is 6.92 Å². The second-order valence-electron chi connectivity index (χ2n) is 4.15. The fourth-order valence-electron chi connectivity index (χ4n) is 1.75. The summed E-state index contributed by atoms with van der Waals surface area (Å²) in [7, 11) is 1.91. The molecule has 1 N–H and O–H groups in total. The van der Waals surface area contributed by atoms with E-state index in [1.54, 1.807) is 0 Å². The Morgan fingerprint density at radius 2 is 1.89 bits per heavy atom. The Morgan fingerprint density at radius 1 is 1.11 bits per heavy atom. The topological polar surface area (TPSA) is 21.3 Å². The van der Waals surface area contributed by atoms with Crippen LogP contribution in [-0.4, -0.2) is 7.05 Å². The van der Waals surface area contributed by atoms with Crippen molar-refractivity contribution in [3.05, 3.63) is 58.6 Å². The molecule has 0 amide bonds. The Kier molecular flexibility index (Phi) is 4.24. The summed E-state index contributed by atoms with van der Waals surface area (Å²) in [6, 6.07) is 13.6. The van der Waals surface area contributed by atoms with Gasteiger partial charge in [-0.3, -0.25) is 0 Å². The van der Waals surface area contributed by atoms with Gasteiger partial charge in [0, 0.05) is 17.1 Å². The molecule has 2 nitrogen and oxygen atoms in total. The van der Waals surface area contributed by atoms with Crippen LogP contribution in [0.3, 0.4) is 0 Å². The number of hydrogen-bond donors (Lipinski definition) is 1. The van der Waals surface area contributed by atoms with Gasteiger partial charge in [-0.2, -0.15) is 0 Å². The van der Waals surface area contributed by atoms with Gasteiger partial charge in [-0.15, -0.1) is 0 Å². The Morgan fingerprint density at radius 3 is 2.61 bits per heavy atom. The molecule has 0 aliphatic rings. The molecule has 18 heavy (non-hydrogen) atoms. The van der Waals surface area contributed by atoms with Crippen LogP contribution in [0.4, 0.5) is 0 Å². The molecule has 2 aromatic rings. The smallest absolute Gasteiger partial charge is 0.133 e. The molecular formula is C15H16ClNO. The van der Waals surface area contributed by atoms with Crippen LogP contribution in [0.25, 0.3) is 0 Å². The monoisotopic (exact) mass is 261 g/mol. The number of halogens is 1. The van der Waals surface area contributed by atoms with E-state index >= 15 is 0 Å². The zero-order valence-corrected chi connectivity index (χ0v) is 11.3. The molecule has 0 radical (unpaired) electrons. The second kappa shape index (κ2) is 5.89. The quantitative estimate of drug-likeness (QED) is 0.892. The minimum atomic E-state index is 0.679. The molecule has 0 bridgehead atoms. The van der Waals surface area contributed by atoms with E-state index in [0.29, 0.717) is 5.02 Å². The van der Waals surface area contributed by atoms with E-state index in [1.807, 2.05) is 56.4 Å². The lowest BCUT2D eigenvalue weighted by Crippen LogP contribution is -2.06. The Balaban J connectivity index is 2.33. The number of hydrogen-bond acceptors (Lipinski definition) is 2. The normalized spacial score (nSPS) is 10.4. The molecule has 3 heteroatoms. The first-order valence-electron chi connectivity index (χ1n) is 5.87. The third-order valence-corrected chi connectivity index (χ3v) is 2.95. The van der Waals surface area contributed by atoms with Gasteiger partial charge in [0.1, 0.15) is 11.5 Å². The molecule has 0 atom stereocenters. The maximum absolute atomic E-state index is 6.02. The van der Waals surface area contributed by atoms with E-state index in [2.05, 4.69) is 5.32 Å². The van der Waals surface area contributed by atoms with E-state index in [0.717, 1.165) is 29.2 Å². The average Bonchev–Trinajstić information content (AvgIpc) is 2.36. The Hall–Kier alpha value is -1.51. The van der Waals surface area contributed by atoms with Crippen molar-refractivity contribution in [2.75, 3.05) is 7.05 Å². The van der Waals surface area contributed by atoms with Crippen molar-refractivity contribution in [1.29, 1.82) is 0 Å². The molecule has 0 heterocycles. The first-order chi connectivity index (χ1) is 8.70. The molecule has 0 saturated carbocycles. The molecule has 0 fully saturated rings. The van der Waals surface area contributed by atoms with E-state index in [4.69, 9.17) is 16.3 Å². The summed E-state index contributed by atoms with van der Waals surface area (Å²) in [4.78, 5) is 0. The lowest BCUT2D eigenvalue weighted by molar-refractivity contribution is 0.471. The summed E-state index contributed by atoms with van der Waals surface area (Å²) in [5.74, 6) is 1.66. The molecule has 0 saturated heterocycles. The van der Waals surface area contributed by atoms with Crippen LogP contribution in [-0.2, 0) is 6.54 Å². The van der Waals surface area contributed by atoms with E-state index < -0.39 is 0 Å². The summed E-state index contributed by atoms with van der Waals surface area (Å²) in [5.41, 5.74) is 2.19. The van der Waals surface area contributed by atoms with Gasteiger partial charge >= 0.3 is 0 Å². The van der Waals surface area contributed by atoms with E-state index in [-0.39, 0.29) is 0 Å². The molecule has 0 aliphatic heterocycles. The number of ether oxygens (including phenoxy) is 1. The summed E-state index contributed by atoms with van der Waals surface area (Å²) in [5, 5.41) is 3.80. The second-order valence-corrected chi connectivity index (χ2v) is 4.59. The van der Waals surface area contributed by atoms with Crippen molar-refractivity contribution in [3.63, 3.8) is 0 Å². The molecular weight excluding hydrogens is 246 g/mol. The molecule has 0 aliphatic carbocycles. The van der Waals surface area contributed by atoms with Gasteiger partial charge in [0.25, 0.3) is 0 Å². The van der Waals surface area contributed by atoms with Crippen LogP contribution in [0.2, 0.25) is 5.02 Å². The minimum Gasteiger partial charge on any atom is -0.457 e. The first-order valence-corrected chi connectivity index (χ1v) is 6.25. The number of benzene rings is 2. The molecule has 2 aromatic carbocycles. The average molecular weight is 262 g/mol.